The van der Waals surface area contributed by atoms with E-state index in [-0.39, 0.29) is 11.4 Å². The molecule has 0 saturated carbocycles. The summed E-state index contributed by atoms with van der Waals surface area (Å²) in [6, 6.07) is 6.81. The standard InChI is InChI=1S/C12H9NO3S/c1-13-8(12(15)16)5-10-11(13)7-4-6(14)2-3-9(7)17-10/h2-5,14H,1H3,(H,15,16). The van der Waals surface area contributed by atoms with Crippen LogP contribution in [0.15, 0.2) is 24.3 Å². The maximum atomic E-state index is 11.0. The fourth-order valence-electron chi connectivity index (χ4n) is 2.08. The lowest BCUT2D eigenvalue weighted by molar-refractivity contribution is 0.0687. The number of aromatic hydroxyl groups is 1. The second-order valence-corrected chi connectivity index (χ2v) is 4.97. The van der Waals surface area contributed by atoms with Crippen molar-refractivity contribution in [3.63, 3.8) is 0 Å². The number of hydrogen-bond acceptors (Lipinski definition) is 3. The molecule has 0 amide bonds. The Labute approximate surface area is 100 Å². The van der Waals surface area contributed by atoms with E-state index in [9.17, 15) is 9.90 Å². The Balaban J connectivity index is 2.48. The van der Waals surface area contributed by atoms with Crippen molar-refractivity contribution >= 4 is 37.6 Å². The average molecular weight is 247 g/mol. The normalized spacial score (nSPS) is 11.4. The number of phenolic OH excluding ortho intramolecular Hbond substituents is 1. The van der Waals surface area contributed by atoms with Crippen molar-refractivity contribution in [3.8, 4) is 5.75 Å². The summed E-state index contributed by atoms with van der Waals surface area (Å²) in [5.41, 5.74) is 1.12. The third-order valence-electron chi connectivity index (χ3n) is 2.86. The Bertz CT molecular complexity index is 754. The number of aromatic nitrogens is 1. The number of carbonyl (C=O) groups is 1. The maximum Gasteiger partial charge on any atom is 0.352 e. The lowest BCUT2D eigenvalue weighted by Gasteiger charge is -1.99. The summed E-state index contributed by atoms with van der Waals surface area (Å²) in [5, 5.41) is 19.4. The Morgan fingerprint density at radius 2 is 2.06 bits per heavy atom. The van der Waals surface area contributed by atoms with Gasteiger partial charge in [0, 0.05) is 17.1 Å². The van der Waals surface area contributed by atoms with Gasteiger partial charge in [-0.3, -0.25) is 0 Å². The zero-order valence-electron chi connectivity index (χ0n) is 8.97. The predicted molar refractivity (Wildman–Crippen MR) is 66.9 cm³/mol. The largest absolute Gasteiger partial charge is 0.508 e. The highest BCUT2D eigenvalue weighted by molar-refractivity contribution is 7.25. The van der Waals surface area contributed by atoms with Gasteiger partial charge >= 0.3 is 5.97 Å². The van der Waals surface area contributed by atoms with Crippen LogP contribution in [-0.2, 0) is 7.05 Å². The quantitative estimate of drug-likeness (QED) is 0.695. The minimum Gasteiger partial charge on any atom is -0.508 e. The van der Waals surface area contributed by atoms with Crippen LogP contribution in [0.25, 0.3) is 20.3 Å². The molecule has 2 aromatic heterocycles. The second-order valence-electron chi connectivity index (χ2n) is 3.89. The van der Waals surface area contributed by atoms with Crippen molar-refractivity contribution < 1.29 is 15.0 Å². The Morgan fingerprint density at radius 3 is 2.76 bits per heavy atom. The van der Waals surface area contributed by atoms with Gasteiger partial charge in [0.2, 0.25) is 0 Å². The fraction of sp³-hybridized carbons (Fsp3) is 0.0833. The number of rotatable bonds is 1. The molecule has 17 heavy (non-hydrogen) atoms. The minimum absolute atomic E-state index is 0.190. The van der Waals surface area contributed by atoms with Crippen molar-refractivity contribution in [1.82, 2.24) is 4.57 Å². The van der Waals surface area contributed by atoms with Crippen molar-refractivity contribution in [2.75, 3.05) is 0 Å². The Kier molecular flexibility index (Phi) is 1.94. The maximum absolute atomic E-state index is 11.0. The van der Waals surface area contributed by atoms with E-state index in [1.807, 2.05) is 6.07 Å². The zero-order valence-corrected chi connectivity index (χ0v) is 9.78. The van der Waals surface area contributed by atoms with E-state index < -0.39 is 5.97 Å². The minimum atomic E-state index is -0.941. The Morgan fingerprint density at radius 1 is 1.29 bits per heavy atom. The summed E-state index contributed by atoms with van der Waals surface area (Å²) in [7, 11) is 1.72. The third-order valence-corrected chi connectivity index (χ3v) is 3.96. The number of nitrogens with zero attached hydrogens (tertiary/aromatic N) is 1. The topological polar surface area (TPSA) is 62.5 Å². The van der Waals surface area contributed by atoms with Crippen molar-refractivity contribution in [3.05, 3.63) is 30.0 Å². The molecule has 0 atom stereocenters. The second kappa shape index (κ2) is 3.24. The summed E-state index contributed by atoms with van der Waals surface area (Å²) < 4.78 is 3.61. The monoisotopic (exact) mass is 247 g/mol. The van der Waals surface area contributed by atoms with E-state index in [4.69, 9.17) is 5.11 Å². The van der Waals surface area contributed by atoms with Crippen molar-refractivity contribution in [2.45, 2.75) is 0 Å². The number of thiophene rings is 1. The van der Waals surface area contributed by atoms with E-state index in [2.05, 4.69) is 0 Å². The summed E-state index contributed by atoms with van der Waals surface area (Å²) >= 11 is 1.53. The highest BCUT2D eigenvalue weighted by Gasteiger charge is 2.16. The number of fused-ring (bicyclic) bond motifs is 3. The first kappa shape index (κ1) is 10.2. The molecular weight excluding hydrogens is 238 g/mol. The van der Waals surface area contributed by atoms with Crippen LogP contribution < -0.4 is 0 Å². The van der Waals surface area contributed by atoms with Gasteiger partial charge in [-0.1, -0.05) is 0 Å². The van der Waals surface area contributed by atoms with Gasteiger partial charge < -0.3 is 14.8 Å². The number of aromatic carboxylic acids is 1. The molecule has 0 aliphatic rings. The van der Waals surface area contributed by atoms with Gasteiger partial charge in [0.1, 0.15) is 11.4 Å². The van der Waals surface area contributed by atoms with Crippen LogP contribution in [0.5, 0.6) is 5.75 Å². The average Bonchev–Trinajstić information content (AvgIpc) is 2.76. The third kappa shape index (κ3) is 1.32. The number of carboxylic acid groups (broad SMARTS) is 1. The van der Waals surface area contributed by atoms with Gasteiger partial charge in [0.15, 0.2) is 0 Å². The highest BCUT2D eigenvalue weighted by Crippen LogP contribution is 2.37. The molecule has 2 heterocycles. The lowest BCUT2D eigenvalue weighted by atomic mass is 10.2. The van der Waals surface area contributed by atoms with E-state index in [0.717, 1.165) is 20.3 Å². The molecule has 2 N–H and O–H groups in total. The first-order valence-electron chi connectivity index (χ1n) is 5.02. The van der Waals surface area contributed by atoms with Crippen LogP contribution >= 0.6 is 11.3 Å². The molecule has 86 valence electrons. The number of hydrogen-bond donors (Lipinski definition) is 2. The molecular formula is C12H9NO3S. The van der Waals surface area contributed by atoms with Crippen LogP contribution in [0.2, 0.25) is 0 Å². The van der Waals surface area contributed by atoms with Crippen LogP contribution in [0.4, 0.5) is 0 Å². The van der Waals surface area contributed by atoms with Gasteiger partial charge in [-0.05, 0) is 24.3 Å². The molecule has 0 radical (unpaired) electrons. The van der Waals surface area contributed by atoms with Crippen molar-refractivity contribution in [2.24, 2.45) is 7.05 Å². The van der Waals surface area contributed by atoms with Crippen LogP contribution in [0.1, 0.15) is 10.5 Å². The fourth-order valence-corrected chi connectivity index (χ4v) is 3.23. The molecule has 0 aliphatic heterocycles. The lowest BCUT2D eigenvalue weighted by Crippen LogP contribution is -2.03. The predicted octanol–water partition coefficient (Wildman–Crippen LogP) is 2.80. The summed E-state index contributed by atoms with van der Waals surface area (Å²) in [4.78, 5) is 11.0. The van der Waals surface area contributed by atoms with Gasteiger partial charge in [-0.15, -0.1) is 11.3 Å². The molecule has 0 spiro atoms. The van der Waals surface area contributed by atoms with Crippen LogP contribution in [0, 0.1) is 0 Å². The molecule has 3 aromatic rings. The molecule has 3 rings (SSSR count). The van der Waals surface area contributed by atoms with Gasteiger partial charge in [-0.25, -0.2) is 4.79 Å². The Hall–Kier alpha value is -2.01. The van der Waals surface area contributed by atoms with Gasteiger partial charge in [0.25, 0.3) is 0 Å². The van der Waals surface area contributed by atoms with E-state index in [0.29, 0.717) is 0 Å². The molecule has 0 fully saturated rings. The first-order chi connectivity index (χ1) is 8.08. The van der Waals surface area contributed by atoms with E-state index in [1.165, 1.54) is 11.3 Å². The number of aryl methyl sites for hydroxylation is 1. The van der Waals surface area contributed by atoms with Crippen LogP contribution in [0.3, 0.4) is 0 Å². The van der Waals surface area contributed by atoms with Crippen molar-refractivity contribution in [1.29, 1.82) is 0 Å². The van der Waals surface area contributed by atoms with E-state index >= 15 is 0 Å². The summed E-state index contributed by atoms with van der Waals surface area (Å²) in [6.45, 7) is 0. The first-order valence-corrected chi connectivity index (χ1v) is 5.84. The van der Waals surface area contributed by atoms with Gasteiger partial charge in [-0.2, -0.15) is 0 Å². The molecule has 0 bridgehead atoms. The molecule has 4 nitrogen and oxygen atoms in total. The molecule has 1 aromatic carbocycles. The van der Waals surface area contributed by atoms with Gasteiger partial charge in [0.05, 0.1) is 10.2 Å². The molecule has 0 unspecified atom stereocenters. The zero-order chi connectivity index (χ0) is 12.2. The molecule has 0 aliphatic carbocycles. The number of phenols is 1. The summed E-state index contributed by atoms with van der Waals surface area (Å²) in [6.07, 6.45) is 0. The van der Waals surface area contributed by atoms with Crippen LogP contribution in [-0.4, -0.2) is 20.7 Å². The number of carboxylic acids is 1. The molecule has 0 saturated heterocycles. The summed E-state index contributed by atoms with van der Waals surface area (Å²) in [5.74, 6) is -0.750. The smallest absolute Gasteiger partial charge is 0.352 e. The number of benzene rings is 1. The SMILES string of the molecule is Cn1c(C(=O)O)cc2sc3ccc(O)cc3c21. The highest BCUT2D eigenvalue weighted by atomic mass is 32.1. The molecule has 5 heteroatoms. The van der Waals surface area contributed by atoms with E-state index in [1.54, 1.807) is 29.8 Å².